The average Bonchev–Trinajstić information content (AvgIpc) is 3.40. The van der Waals surface area contributed by atoms with Gasteiger partial charge in [-0.25, -0.2) is 0 Å². The lowest BCUT2D eigenvalue weighted by atomic mass is 10.0. The van der Waals surface area contributed by atoms with Crippen molar-refractivity contribution in [1.29, 1.82) is 0 Å². The van der Waals surface area contributed by atoms with Gasteiger partial charge in [-0.1, -0.05) is 28.1 Å². The van der Waals surface area contributed by atoms with Gasteiger partial charge in [-0.05, 0) is 42.7 Å². The van der Waals surface area contributed by atoms with Crippen LogP contribution < -0.4 is 19.7 Å². The van der Waals surface area contributed by atoms with E-state index >= 15 is 0 Å². The van der Waals surface area contributed by atoms with Gasteiger partial charge < -0.3 is 19.7 Å². The van der Waals surface area contributed by atoms with Crippen LogP contribution in [0.1, 0.15) is 24.8 Å². The molecule has 1 saturated heterocycles. The molecule has 2 aromatic carbocycles. The Labute approximate surface area is 178 Å². The Balaban J connectivity index is 1.48. The summed E-state index contributed by atoms with van der Waals surface area (Å²) in [7, 11) is 3.13. The van der Waals surface area contributed by atoms with E-state index in [1.54, 1.807) is 37.3 Å². The van der Waals surface area contributed by atoms with Crippen molar-refractivity contribution in [1.82, 2.24) is 5.32 Å². The van der Waals surface area contributed by atoms with Crippen molar-refractivity contribution in [3.05, 3.63) is 52.5 Å². The average molecular weight is 459 g/mol. The lowest BCUT2D eigenvalue weighted by Crippen LogP contribution is -2.40. The van der Waals surface area contributed by atoms with Crippen LogP contribution in [0.4, 0.5) is 5.69 Å². The van der Waals surface area contributed by atoms with Crippen molar-refractivity contribution in [2.45, 2.75) is 24.8 Å². The van der Waals surface area contributed by atoms with Gasteiger partial charge in [0.15, 0.2) is 0 Å². The van der Waals surface area contributed by atoms with Crippen molar-refractivity contribution in [2.24, 2.45) is 5.92 Å². The summed E-state index contributed by atoms with van der Waals surface area (Å²) in [4.78, 5) is 27.2. The van der Waals surface area contributed by atoms with Gasteiger partial charge >= 0.3 is 0 Å². The zero-order valence-electron chi connectivity index (χ0n) is 16.4. The van der Waals surface area contributed by atoms with E-state index in [0.717, 1.165) is 22.9 Å². The lowest BCUT2D eigenvalue weighted by Gasteiger charge is -2.22. The van der Waals surface area contributed by atoms with E-state index in [1.165, 1.54) is 0 Å². The van der Waals surface area contributed by atoms with Crippen LogP contribution in [-0.2, 0) is 15.1 Å². The number of nitrogens with one attached hydrogen (secondary N) is 1. The summed E-state index contributed by atoms with van der Waals surface area (Å²) in [5, 5.41) is 3.20. The number of halogens is 1. The molecule has 2 aromatic rings. The van der Waals surface area contributed by atoms with Crippen LogP contribution in [0.5, 0.6) is 11.5 Å². The van der Waals surface area contributed by atoms with Crippen LogP contribution in [0.2, 0.25) is 0 Å². The van der Waals surface area contributed by atoms with E-state index in [9.17, 15) is 9.59 Å². The molecular weight excluding hydrogens is 436 g/mol. The van der Waals surface area contributed by atoms with Gasteiger partial charge in [0.1, 0.15) is 11.5 Å². The second kappa shape index (κ2) is 7.71. The summed E-state index contributed by atoms with van der Waals surface area (Å²) in [6.45, 7) is 0.337. The quantitative estimate of drug-likeness (QED) is 0.717. The van der Waals surface area contributed by atoms with Crippen LogP contribution in [0.25, 0.3) is 0 Å². The monoisotopic (exact) mass is 458 g/mol. The Morgan fingerprint density at radius 2 is 1.86 bits per heavy atom. The van der Waals surface area contributed by atoms with Gasteiger partial charge in [-0.15, -0.1) is 0 Å². The molecule has 0 radical (unpaired) electrons. The number of nitrogens with zero attached hydrogens (tertiary/aromatic N) is 1. The van der Waals surface area contributed by atoms with Crippen LogP contribution in [-0.4, -0.2) is 32.6 Å². The molecule has 1 N–H and O–H groups in total. The fourth-order valence-corrected chi connectivity index (χ4v) is 4.11. The van der Waals surface area contributed by atoms with Crippen molar-refractivity contribution in [3.8, 4) is 11.5 Å². The maximum atomic E-state index is 13.0. The third kappa shape index (κ3) is 3.83. The molecule has 0 spiro atoms. The molecule has 1 saturated carbocycles. The molecule has 152 valence electrons. The molecule has 2 amide bonds. The van der Waals surface area contributed by atoms with E-state index in [2.05, 4.69) is 21.2 Å². The van der Waals surface area contributed by atoms with E-state index in [1.807, 2.05) is 24.3 Å². The molecule has 29 heavy (non-hydrogen) atoms. The summed E-state index contributed by atoms with van der Waals surface area (Å²) in [5.74, 6) is 0.655. The third-order valence-electron chi connectivity index (χ3n) is 5.68. The fraction of sp³-hybridized carbons (Fsp3) is 0.364. The Kier molecular flexibility index (Phi) is 5.25. The predicted molar refractivity (Wildman–Crippen MR) is 113 cm³/mol. The van der Waals surface area contributed by atoms with Crippen LogP contribution in [0.3, 0.4) is 0 Å². The number of hydrogen-bond donors (Lipinski definition) is 1. The molecule has 1 atom stereocenters. The van der Waals surface area contributed by atoms with Crippen LogP contribution >= 0.6 is 15.9 Å². The Morgan fingerprint density at radius 1 is 1.14 bits per heavy atom. The molecule has 0 bridgehead atoms. The minimum atomic E-state index is -0.387. The molecular formula is C22H23BrN2O4. The number of methoxy groups -OCH3 is 2. The van der Waals surface area contributed by atoms with Crippen molar-refractivity contribution in [3.63, 3.8) is 0 Å². The zero-order chi connectivity index (χ0) is 20.6. The molecule has 2 aliphatic rings. The first-order chi connectivity index (χ1) is 14.0. The normalized spacial score (nSPS) is 19.8. The maximum Gasteiger partial charge on any atom is 0.227 e. The first-order valence-corrected chi connectivity index (χ1v) is 10.4. The van der Waals surface area contributed by atoms with Crippen LogP contribution in [0, 0.1) is 5.92 Å². The maximum absolute atomic E-state index is 13.0. The van der Waals surface area contributed by atoms with Crippen molar-refractivity contribution >= 4 is 33.4 Å². The molecule has 1 unspecified atom stereocenters. The molecule has 1 aliphatic carbocycles. The number of carbonyl (C=O) groups excluding carboxylic acids is 2. The summed E-state index contributed by atoms with van der Waals surface area (Å²) >= 11 is 3.44. The Hall–Kier alpha value is -2.54. The van der Waals surface area contributed by atoms with E-state index in [4.69, 9.17) is 9.47 Å². The molecule has 1 aliphatic heterocycles. The van der Waals surface area contributed by atoms with Crippen molar-refractivity contribution < 1.29 is 19.1 Å². The summed E-state index contributed by atoms with van der Waals surface area (Å²) in [6.07, 6.45) is 2.02. The summed E-state index contributed by atoms with van der Waals surface area (Å²) in [6, 6.07) is 13.3. The van der Waals surface area contributed by atoms with E-state index < -0.39 is 0 Å². The molecule has 1 heterocycles. The first-order valence-electron chi connectivity index (χ1n) is 9.56. The first kappa shape index (κ1) is 19.8. The largest absolute Gasteiger partial charge is 0.497 e. The van der Waals surface area contributed by atoms with Crippen molar-refractivity contribution in [2.75, 3.05) is 25.7 Å². The number of ether oxygens (including phenoxy) is 2. The van der Waals surface area contributed by atoms with Gasteiger partial charge in [0.25, 0.3) is 0 Å². The topological polar surface area (TPSA) is 67.9 Å². The number of rotatable bonds is 6. The minimum Gasteiger partial charge on any atom is -0.497 e. The SMILES string of the molecule is COc1ccc(N2CC(C(=O)NC3(c4ccc(Br)cc4)CC3)CC2=O)c(OC)c1. The van der Waals surface area contributed by atoms with Gasteiger partial charge in [0.2, 0.25) is 11.8 Å². The third-order valence-corrected chi connectivity index (χ3v) is 6.21. The molecule has 6 nitrogen and oxygen atoms in total. The molecule has 2 fully saturated rings. The Bertz CT molecular complexity index is 940. The van der Waals surface area contributed by atoms with Gasteiger partial charge in [0, 0.05) is 23.5 Å². The Morgan fingerprint density at radius 3 is 2.48 bits per heavy atom. The second-order valence-electron chi connectivity index (χ2n) is 7.52. The molecule has 7 heteroatoms. The number of hydrogen-bond acceptors (Lipinski definition) is 4. The standard InChI is InChI=1S/C22H23BrN2O4/c1-28-17-7-8-18(19(12-17)29-2)25-13-14(11-20(25)26)21(27)24-22(9-10-22)15-3-5-16(23)6-4-15/h3-8,12,14H,9-11,13H2,1-2H3,(H,24,27). The van der Waals surface area contributed by atoms with Crippen LogP contribution in [0.15, 0.2) is 46.9 Å². The molecule has 4 rings (SSSR count). The predicted octanol–water partition coefficient (Wildman–Crippen LogP) is 3.62. The summed E-state index contributed by atoms with van der Waals surface area (Å²) < 4.78 is 11.7. The zero-order valence-corrected chi connectivity index (χ0v) is 18.0. The highest BCUT2D eigenvalue weighted by atomic mass is 79.9. The van der Waals surface area contributed by atoms with E-state index in [0.29, 0.717) is 23.7 Å². The van der Waals surface area contributed by atoms with Gasteiger partial charge in [-0.2, -0.15) is 0 Å². The summed E-state index contributed by atoms with van der Waals surface area (Å²) in [5.41, 5.74) is 1.46. The number of amides is 2. The lowest BCUT2D eigenvalue weighted by molar-refractivity contribution is -0.127. The fourth-order valence-electron chi connectivity index (χ4n) is 3.84. The number of anilines is 1. The number of carbonyl (C=O) groups is 2. The highest BCUT2D eigenvalue weighted by molar-refractivity contribution is 9.10. The second-order valence-corrected chi connectivity index (χ2v) is 8.44. The van der Waals surface area contributed by atoms with E-state index in [-0.39, 0.29) is 29.7 Å². The van der Waals surface area contributed by atoms with Gasteiger partial charge in [0.05, 0.1) is 31.4 Å². The molecule has 0 aromatic heterocycles. The highest BCUT2D eigenvalue weighted by Crippen LogP contribution is 2.46. The highest BCUT2D eigenvalue weighted by Gasteiger charge is 2.47. The van der Waals surface area contributed by atoms with Gasteiger partial charge in [-0.3, -0.25) is 9.59 Å². The smallest absolute Gasteiger partial charge is 0.227 e. The number of benzene rings is 2. The minimum absolute atomic E-state index is 0.0752.